The van der Waals surface area contributed by atoms with E-state index in [1.54, 1.807) is 10.7 Å². The number of H-pyrrole nitrogens is 1. The molecule has 0 radical (unpaired) electrons. The minimum absolute atomic E-state index is 0.522. The number of aromatic amines is 1. The lowest BCUT2D eigenvalue weighted by Gasteiger charge is -1.98. The van der Waals surface area contributed by atoms with Gasteiger partial charge in [0.05, 0.1) is 5.52 Å². The maximum atomic E-state index is 5.33. The summed E-state index contributed by atoms with van der Waals surface area (Å²) in [7, 11) is 0. The van der Waals surface area contributed by atoms with Gasteiger partial charge in [-0.2, -0.15) is 4.52 Å². The summed E-state index contributed by atoms with van der Waals surface area (Å²) in [6.45, 7) is 0. The van der Waals surface area contributed by atoms with Crippen molar-refractivity contribution in [3.8, 4) is 11.5 Å². The van der Waals surface area contributed by atoms with E-state index in [0.29, 0.717) is 10.6 Å². The second kappa shape index (κ2) is 4.21. The maximum absolute atomic E-state index is 5.33. The van der Waals surface area contributed by atoms with E-state index >= 15 is 0 Å². The Labute approximate surface area is 118 Å². The number of nitrogens with zero attached hydrogens (tertiary/aromatic N) is 4. The van der Waals surface area contributed by atoms with Crippen LogP contribution in [0.4, 0.5) is 0 Å². The highest BCUT2D eigenvalue weighted by atomic mass is 32.1. The summed E-state index contributed by atoms with van der Waals surface area (Å²) in [6, 6.07) is 13.5. The van der Waals surface area contributed by atoms with Gasteiger partial charge in [-0.1, -0.05) is 18.2 Å². The zero-order valence-electron chi connectivity index (χ0n) is 10.3. The van der Waals surface area contributed by atoms with Crippen LogP contribution in [0.3, 0.4) is 0 Å². The van der Waals surface area contributed by atoms with Crippen molar-refractivity contribution in [3.63, 3.8) is 0 Å². The van der Waals surface area contributed by atoms with Gasteiger partial charge in [0.15, 0.2) is 5.65 Å². The van der Waals surface area contributed by atoms with Gasteiger partial charge in [-0.3, -0.25) is 4.98 Å². The summed E-state index contributed by atoms with van der Waals surface area (Å²) in [5.41, 5.74) is 2.42. The lowest BCUT2D eigenvalue weighted by molar-refractivity contribution is 0.916. The topological polar surface area (TPSA) is 58.9 Å². The fourth-order valence-corrected chi connectivity index (χ4v) is 2.42. The summed E-state index contributed by atoms with van der Waals surface area (Å²) in [5, 5.41) is 5.42. The van der Waals surface area contributed by atoms with Crippen molar-refractivity contribution >= 4 is 28.8 Å². The Kier molecular flexibility index (Phi) is 2.37. The summed E-state index contributed by atoms with van der Waals surface area (Å²) in [6.07, 6.45) is 1.72. The molecule has 0 aliphatic carbocycles. The number of rotatable bonds is 1. The third-order valence-corrected chi connectivity index (χ3v) is 3.38. The van der Waals surface area contributed by atoms with Gasteiger partial charge in [0.25, 0.3) is 0 Å². The molecule has 4 aromatic rings. The van der Waals surface area contributed by atoms with Gasteiger partial charge >= 0.3 is 0 Å². The molecule has 1 N–H and O–H groups in total. The zero-order valence-corrected chi connectivity index (χ0v) is 11.1. The number of benzene rings is 1. The maximum Gasteiger partial charge on any atom is 0.200 e. The highest BCUT2D eigenvalue weighted by Gasteiger charge is 2.11. The molecular weight excluding hydrogens is 270 g/mol. The second-order valence-electron chi connectivity index (χ2n) is 4.36. The first-order valence-electron chi connectivity index (χ1n) is 6.12. The van der Waals surface area contributed by atoms with E-state index in [0.717, 1.165) is 22.2 Å². The van der Waals surface area contributed by atoms with Gasteiger partial charge < -0.3 is 4.98 Å². The van der Waals surface area contributed by atoms with Crippen LogP contribution in [-0.2, 0) is 0 Å². The Morgan fingerprint density at radius 1 is 1.05 bits per heavy atom. The molecule has 6 heteroatoms. The number of hydrogen-bond acceptors (Lipinski definition) is 4. The quantitative estimate of drug-likeness (QED) is 0.544. The van der Waals surface area contributed by atoms with E-state index in [9.17, 15) is 0 Å². The molecule has 4 rings (SSSR count). The van der Waals surface area contributed by atoms with Crippen molar-refractivity contribution in [2.75, 3.05) is 0 Å². The molecule has 0 bridgehead atoms. The molecule has 0 fully saturated rings. The van der Waals surface area contributed by atoms with Crippen LogP contribution in [0.15, 0.2) is 48.7 Å². The SMILES string of the molecule is S=c1[nH]c2ccccc2c2nc(-c3ccccn3)nn12. The van der Waals surface area contributed by atoms with Crippen LogP contribution in [-0.4, -0.2) is 24.6 Å². The molecule has 0 saturated heterocycles. The lowest BCUT2D eigenvalue weighted by Crippen LogP contribution is -1.94. The first-order valence-corrected chi connectivity index (χ1v) is 6.53. The molecule has 0 unspecified atom stereocenters. The smallest absolute Gasteiger partial charge is 0.200 e. The molecular formula is C14H9N5S. The van der Waals surface area contributed by atoms with Crippen molar-refractivity contribution in [2.45, 2.75) is 0 Å². The van der Waals surface area contributed by atoms with Crippen molar-refractivity contribution in [2.24, 2.45) is 0 Å². The standard InChI is InChI=1S/C14H9N5S/c20-14-16-10-6-2-1-5-9(10)13-17-12(18-19(13)14)11-7-3-4-8-15-11/h1-8H,(H,16,20). The molecule has 0 aliphatic rings. The van der Waals surface area contributed by atoms with E-state index in [2.05, 4.69) is 20.1 Å². The van der Waals surface area contributed by atoms with Crippen LogP contribution in [0.2, 0.25) is 0 Å². The highest BCUT2D eigenvalue weighted by Crippen LogP contribution is 2.19. The van der Waals surface area contributed by atoms with Crippen LogP contribution in [0, 0.1) is 4.77 Å². The number of aromatic nitrogens is 5. The second-order valence-corrected chi connectivity index (χ2v) is 4.75. The molecule has 3 aromatic heterocycles. The number of nitrogens with one attached hydrogen (secondary N) is 1. The highest BCUT2D eigenvalue weighted by molar-refractivity contribution is 7.71. The van der Waals surface area contributed by atoms with Crippen LogP contribution in [0.5, 0.6) is 0 Å². The van der Waals surface area contributed by atoms with Crippen molar-refractivity contribution < 1.29 is 0 Å². The Morgan fingerprint density at radius 2 is 1.90 bits per heavy atom. The molecule has 0 spiro atoms. The Morgan fingerprint density at radius 3 is 2.75 bits per heavy atom. The monoisotopic (exact) mass is 279 g/mol. The van der Waals surface area contributed by atoms with Crippen molar-refractivity contribution in [1.82, 2.24) is 24.6 Å². The first-order chi connectivity index (χ1) is 9.83. The third-order valence-electron chi connectivity index (χ3n) is 3.10. The summed E-state index contributed by atoms with van der Waals surface area (Å²) >= 11 is 5.33. The van der Waals surface area contributed by atoms with Gasteiger partial charge in [0.1, 0.15) is 5.69 Å². The van der Waals surface area contributed by atoms with Gasteiger partial charge in [-0.15, -0.1) is 5.10 Å². The minimum atomic E-state index is 0.522. The van der Waals surface area contributed by atoms with Gasteiger partial charge in [0, 0.05) is 11.6 Å². The predicted octanol–water partition coefficient (Wildman–Crippen LogP) is 3.00. The normalized spacial score (nSPS) is 11.2. The first kappa shape index (κ1) is 11.2. The fraction of sp³-hybridized carbons (Fsp3) is 0. The number of pyridine rings is 1. The van der Waals surface area contributed by atoms with Gasteiger partial charge in [0.2, 0.25) is 10.6 Å². The Bertz CT molecular complexity index is 971. The van der Waals surface area contributed by atoms with E-state index in [1.165, 1.54) is 0 Å². The van der Waals surface area contributed by atoms with Gasteiger partial charge in [-0.25, -0.2) is 4.98 Å². The van der Waals surface area contributed by atoms with E-state index < -0.39 is 0 Å². The largest absolute Gasteiger partial charge is 0.330 e. The fourth-order valence-electron chi connectivity index (χ4n) is 2.19. The number of hydrogen-bond donors (Lipinski definition) is 1. The summed E-state index contributed by atoms with van der Waals surface area (Å²) in [5.74, 6) is 0.571. The molecule has 0 saturated carbocycles. The molecule has 20 heavy (non-hydrogen) atoms. The molecule has 5 nitrogen and oxygen atoms in total. The summed E-state index contributed by atoms with van der Waals surface area (Å²) < 4.78 is 2.16. The van der Waals surface area contributed by atoms with Crippen LogP contribution >= 0.6 is 12.2 Å². The average Bonchev–Trinajstić information content (AvgIpc) is 2.94. The molecule has 0 aliphatic heterocycles. The third kappa shape index (κ3) is 1.62. The van der Waals surface area contributed by atoms with E-state index in [4.69, 9.17) is 12.2 Å². The predicted molar refractivity (Wildman–Crippen MR) is 78.9 cm³/mol. The molecule has 3 heterocycles. The minimum Gasteiger partial charge on any atom is -0.330 e. The zero-order chi connectivity index (χ0) is 13.5. The number of para-hydroxylation sites is 1. The Balaban J connectivity index is 2.11. The van der Waals surface area contributed by atoms with Gasteiger partial charge in [-0.05, 0) is 36.5 Å². The molecule has 0 amide bonds. The molecule has 96 valence electrons. The van der Waals surface area contributed by atoms with E-state index in [1.807, 2.05) is 42.5 Å². The number of fused-ring (bicyclic) bond motifs is 3. The van der Waals surface area contributed by atoms with Crippen molar-refractivity contribution in [1.29, 1.82) is 0 Å². The van der Waals surface area contributed by atoms with Crippen LogP contribution in [0.25, 0.3) is 28.1 Å². The average molecular weight is 279 g/mol. The molecule has 1 aromatic carbocycles. The lowest BCUT2D eigenvalue weighted by atomic mass is 10.2. The Hall–Kier alpha value is -2.60. The van der Waals surface area contributed by atoms with Crippen molar-refractivity contribution in [3.05, 3.63) is 53.4 Å². The van der Waals surface area contributed by atoms with Crippen LogP contribution in [0.1, 0.15) is 0 Å². The molecule has 0 atom stereocenters. The van der Waals surface area contributed by atoms with Crippen LogP contribution < -0.4 is 0 Å². The summed E-state index contributed by atoms with van der Waals surface area (Å²) in [4.78, 5) is 12.0. The van der Waals surface area contributed by atoms with E-state index in [-0.39, 0.29) is 0 Å².